The lowest BCUT2D eigenvalue weighted by Gasteiger charge is -2.13. The van der Waals surface area contributed by atoms with Crippen molar-refractivity contribution < 1.29 is 18.1 Å². The Morgan fingerprint density at radius 3 is 2.34 bits per heavy atom. The first-order chi connectivity index (χ1) is 13.9. The molecule has 0 aliphatic carbocycles. The van der Waals surface area contributed by atoms with Gasteiger partial charge >= 0.3 is 0 Å². The van der Waals surface area contributed by atoms with Gasteiger partial charge in [0.25, 0.3) is 21.6 Å². The van der Waals surface area contributed by atoms with Gasteiger partial charge in [0, 0.05) is 18.7 Å². The average molecular weight is 411 g/mol. The van der Waals surface area contributed by atoms with Crippen molar-refractivity contribution in [3.8, 4) is 0 Å². The van der Waals surface area contributed by atoms with E-state index in [1.807, 2.05) is 30.3 Å². The van der Waals surface area contributed by atoms with Gasteiger partial charge in [0.15, 0.2) is 0 Å². The van der Waals surface area contributed by atoms with Gasteiger partial charge in [-0.15, -0.1) is 0 Å². The van der Waals surface area contributed by atoms with Gasteiger partial charge in [-0.2, -0.15) is 0 Å². The van der Waals surface area contributed by atoms with Gasteiger partial charge < -0.3 is 5.32 Å². The summed E-state index contributed by atoms with van der Waals surface area (Å²) in [4.78, 5) is 22.5. The molecule has 3 rings (SSSR count). The number of para-hydroxylation sites is 1. The van der Waals surface area contributed by atoms with E-state index < -0.39 is 20.9 Å². The molecule has 0 atom stereocenters. The molecule has 1 amide bonds. The number of benzene rings is 3. The van der Waals surface area contributed by atoms with E-state index in [1.54, 1.807) is 12.1 Å². The fourth-order valence-electron chi connectivity index (χ4n) is 2.61. The number of sulfonamides is 1. The van der Waals surface area contributed by atoms with Gasteiger partial charge in [-0.3, -0.25) is 19.6 Å². The average Bonchev–Trinajstić information content (AvgIpc) is 2.73. The molecule has 0 bridgehead atoms. The van der Waals surface area contributed by atoms with Crippen molar-refractivity contribution in [3.05, 3.63) is 100 Å². The summed E-state index contributed by atoms with van der Waals surface area (Å²) in [6.07, 6.45) is 0. The maximum Gasteiger partial charge on any atom is 0.270 e. The Hall–Kier alpha value is -3.72. The number of rotatable bonds is 7. The number of nitrogens with zero attached hydrogens (tertiary/aromatic N) is 1. The van der Waals surface area contributed by atoms with Gasteiger partial charge in [0.2, 0.25) is 0 Å². The second-order valence-electron chi connectivity index (χ2n) is 6.07. The molecule has 0 aromatic heterocycles. The molecule has 0 saturated carbocycles. The molecule has 8 nitrogen and oxygen atoms in total. The van der Waals surface area contributed by atoms with Crippen LogP contribution in [0.15, 0.2) is 83.8 Å². The van der Waals surface area contributed by atoms with Crippen LogP contribution < -0.4 is 10.0 Å². The molecule has 0 unspecified atom stereocenters. The summed E-state index contributed by atoms with van der Waals surface area (Å²) < 4.78 is 27.7. The van der Waals surface area contributed by atoms with Crippen LogP contribution in [-0.2, 0) is 16.6 Å². The number of hydrogen-bond acceptors (Lipinski definition) is 5. The van der Waals surface area contributed by atoms with Crippen molar-refractivity contribution in [1.82, 2.24) is 5.32 Å². The Kier molecular flexibility index (Phi) is 5.89. The first-order valence-corrected chi connectivity index (χ1v) is 10.0. The van der Waals surface area contributed by atoms with Crippen LogP contribution in [0.2, 0.25) is 0 Å². The molecule has 3 aromatic carbocycles. The van der Waals surface area contributed by atoms with Crippen LogP contribution >= 0.6 is 0 Å². The molecule has 148 valence electrons. The number of anilines is 1. The van der Waals surface area contributed by atoms with Crippen LogP contribution in [0.25, 0.3) is 0 Å². The largest absolute Gasteiger partial charge is 0.348 e. The summed E-state index contributed by atoms with van der Waals surface area (Å²) in [5.41, 5.74) is 0.763. The minimum absolute atomic E-state index is 0.0737. The standard InChI is InChI=1S/C20H17N3O5S/c24-20(21-14-15-7-2-1-3-8-15)18-11-4-5-12-19(18)22-29(27,28)17-10-6-9-16(13-17)23(25)26/h1-13,22H,14H2,(H,21,24). The first kappa shape index (κ1) is 20.0. The molecule has 0 saturated heterocycles. The Bertz CT molecular complexity index is 1150. The molecular weight excluding hydrogens is 394 g/mol. The highest BCUT2D eigenvalue weighted by Crippen LogP contribution is 2.23. The predicted octanol–water partition coefficient (Wildman–Crippen LogP) is 3.33. The molecule has 0 radical (unpaired) electrons. The minimum atomic E-state index is -4.13. The second kappa shape index (κ2) is 8.53. The lowest BCUT2D eigenvalue weighted by atomic mass is 10.1. The van der Waals surface area contributed by atoms with Crippen LogP contribution in [0.4, 0.5) is 11.4 Å². The monoisotopic (exact) mass is 411 g/mol. The molecule has 2 N–H and O–H groups in total. The summed E-state index contributed by atoms with van der Waals surface area (Å²) >= 11 is 0. The highest BCUT2D eigenvalue weighted by molar-refractivity contribution is 7.92. The quantitative estimate of drug-likeness (QED) is 0.457. The molecule has 3 aromatic rings. The van der Waals surface area contributed by atoms with E-state index in [4.69, 9.17) is 0 Å². The van der Waals surface area contributed by atoms with Crippen LogP contribution in [0.5, 0.6) is 0 Å². The minimum Gasteiger partial charge on any atom is -0.348 e. The van der Waals surface area contributed by atoms with Crippen molar-refractivity contribution in [2.24, 2.45) is 0 Å². The van der Waals surface area contributed by atoms with Crippen molar-refractivity contribution in [3.63, 3.8) is 0 Å². The van der Waals surface area contributed by atoms with Crippen LogP contribution in [0.1, 0.15) is 15.9 Å². The fourth-order valence-corrected chi connectivity index (χ4v) is 3.73. The third-order valence-electron chi connectivity index (χ3n) is 4.05. The molecule has 0 aliphatic rings. The molecular formula is C20H17N3O5S. The summed E-state index contributed by atoms with van der Waals surface area (Å²) in [5.74, 6) is -0.453. The Balaban J connectivity index is 1.82. The highest BCUT2D eigenvalue weighted by atomic mass is 32.2. The number of non-ortho nitro benzene ring substituents is 1. The summed E-state index contributed by atoms with van der Waals surface area (Å²) in [5, 5.41) is 13.7. The van der Waals surface area contributed by atoms with E-state index in [0.717, 1.165) is 11.6 Å². The topological polar surface area (TPSA) is 118 Å². The number of nitro benzene ring substituents is 1. The Morgan fingerprint density at radius 2 is 1.62 bits per heavy atom. The summed E-state index contributed by atoms with van der Waals surface area (Å²) in [6, 6.07) is 20.1. The number of hydrogen-bond donors (Lipinski definition) is 2. The van der Waals surface area contributed by atoms with Gasteiger partial charge in [-0.05, 0) is 23.8 Å². The van der Waals surface area contributed by atoms with Crippen LogP contribution in [0.3, 0.4) is 0 Å². The van der Waals surface area contributed by atoms with E-state index in [2.05, 4.69) is 10.0 Å². The van der Waals surface area contributed by atoms with E-state index in [-0.39, 0.29) is 28.4 Å². The molecule has 29 heavy (non-hydrogen) atoms. The smallest absolute Gasteiger partial charge is 0.270 e. The zero-order chi connectivity index (χ0) is 20.9. The summed E-state index contributed by atoms with van der Waals surface area (Å²) in [6.45, 7) is 0.283. The lowest BCUT2D eigenvalue weighted by Crippen LogP contribution is -2.25. The maximum absolute atomic E-state index is 12.7. The van der Waals surface area contributed by atoms with Gasteiger partial charge in [-0.25, -0.2) is 8.42 Å². The number of nitrogens with one attached hydrogen (secondary N) is 2. The number of amides is 1. The van der Waals surface area contributed by atoms with Gasteiger partial charge in [0.05, 0.1) is 21.1 Å². The van der Waals surface area contributed by atoms with Crippen molar-refractivity contribution in [2.45, 2.75) is 11.4 Å². The zero-order valence-electron chi connectivity index (χ0n) is 15.1. The molecule has 0 fully saturated rings. The fraction of sp³-hybridized carbons (Fsp3) is 0.0500. The third kappa shape index (κ3) is 4.96. The van der Waals surface area contributed by atoms with Crippen molar-refractivity contribution >= 4 is 27.3 Å². The van der Waals surface area contributed by atoms with E-state index >= 15 is 0 Å². The molecule has 9 heteroatoms. The number of carbonyl (C=O) groups excluding carboxylic acids is 1. The number of nitro groups is 1. The predicted molar refractivity (Wildman–Crippen MR) is 108 cm³/mol. The molecule has 0 aliphatic heterocycles. The Labute approximate surface area is 167 Å². The SMILES string of the molecule is O=C(NCc1ccccc1)c1ccccc1NS(=O)(=O)c1cccc([N+](=O)[O-])c1. The Morgan fingerprint density at radius 1 is 0.931 bits per heavy atom. The van der Waals surface area contributed by atoms with Gasteiger partial charge in [-0.1, -0.05) is 48.5 Å². The van der Waals surface area contributed by atoms with Gasteiger partial charge in [0.1, 0.15) is 0 Å². The van der Waals surface area contributed by atoms with E-state index in [0.29, 0.717) is 0 Å². The third-order valence-corrected chi connectivity index (χ3v) is 5.41. The van der Waals surface area contributed by atoms with E-state index in [9.17, 15) is 23.3 Å². The van der Waals surface area contributed by atoms with Crippen molar-refractivity contribution in [1.29, 1.82) is 0 Å². The normalized spacial score (nSPS) is 10.9. The number of carbonyl (C=O) groups is 1. The van der Waals surface area contributed by atoms with Crippen LogP contribution in [-0.4, -0.2) is 19.2 Å². The van der Waals surface area contributed by atoms with E-state index in [1.165, 1.54) is 30.3 Å². The summed E-state index contributed by atoms with van der Waals surface area (Å²) in [7, 11) is -4.13. The molecule has 0 heterocycles. The lowest BCUT2D eigenvalue weighted by molar-refractivity contribution is -0.385. The highest BCUT2D eigenvalue weighted by Gasteiger charge is 2.20. The first-order valence-electron chi connectivity index (χ1n) is 8.55. The van der Waals surface area contributed by atoms with Crippen molar-refractivity contribution in [2.75, 3.05) is 4.72 Å². The zero-order valence-corrected chi connectivity index (χ0v) is 15.9. The maximum atomic E-state index is 12.7. The molecule has 0 spiro atoms. The van der Waals surface area contributed by atoms with Crippen LogP contribution in [0, 0.1) is 10.1 Å². The second-order valence-corrected chi connectivity index (χ2v) is 7.76.